The maximum atomic E-state index is 9.33. The highest BCUT2D eigenvalue weighted by molar-refractivity contribution is 4.89. The van der Waals surface area contributed by atoms with Crippen LogP contribution in [-0.2, 0) is 13.6 Å². The molecule has 2 rings (SSSR count). The van der Waals surface area contributed by atoms with Crippen LogP contribution in [0.25, 0.3) is 0 Å². The number of rotatable bonds is 2. The van der Waals surface area contributed by atoms with Gasteiger partial charge in [-0.3, -0.25) is 4.90 Å². The molecular weight excluding hydrogens is 184 g/mol. The second kappa shape index (κ2) is 3.64. The van der Waals surface area contributed by atoms with Gasteiger partial charge in [-0.15, -0.1) is 10.2 Å². The van der Waals surface area contributed by atoms with E-state index in [4.69, 9.17) is 0 Å². The van der Waals surface area contributed by atoms with Crippen LogP contribution in [0.15, 0.2) is 6.33 Å². The molecule has 2 atom stereocenters. The van der Waals surface area contributed by atoms with Gasteiger partial charge in [0.25, 0.3) is 0 Å². The van der Waals surface area contributed by atoms with Crippen molar-refractivity contribution in [2.24, 2.45) is 7.05 Å². The van der Waals surface area contributed by atoms with Crippen molar-refractivity contribution in [2.75, 3.05) is 13.1 Å². The number of aliphatic hydroxyl groups excluding tert-OH is 2. The van der Waals surface area contributed by atoms with Gasteiger partial charge in [0.05, 0.1) is 18.8 Å². The quantitative estimate of drug-likeness (QED) is 0.595. The summed E-state index contributed by atoms with van der Waals surface area (Å²) in [5.41, 5.74) is 0. The zero-order valence-electron chi connectivity index (χ0n) is 8.04. The minimum absolute atomic E-state index is 0.494. The summed E-state index contributed by atoms with van der Waals surface area (Å²) in [5.74, 6) is 0.839. The normalized spacial score (nSPS) is 28.5. The maximum absolute atomic E-state index is 9.33. The summed E-state index contributed by atoms with van der Waals surface area (Å²) in [5, 5.41) is 26.4. The first-order valence-electron chi connectivity index (χ1n) is 4.58. The van der Waals surface area contributed by atoms with Crippen molar-refractivity contribution in [2.45, 2.75) is 18.8 Å². The molecule has 1 aliphatic heterocycles. The molecule has 1 aromatic heterocycles. The van der Waals surface area contributed by atoms with Crippen molar-refractivity contribution in [1.82, 2.24) is 19.7 Å². The van der Waals surface area contributed by atoms with Crippen molar-refractivity contribution >= 4 is 0 Å². The number of hydrogen-bond acceptors (Lipinski definition) is 5. The second-order valence-corrected chi connectivity index (χ2v) is 3.69. The molecule has 0 aliphatic carbocycles. The second-order valence-electron chi connectivity index (χ2n) is 3.69. The van der Waals surface area contributed by atoms with E-state index in [1.807, 2.05) is 16.5 Å². The lowest BCUT2D eigenvalue weighted by Crippen LogP contribution is -2.23. The van der Waals surface area contributed by atoms with Gasteiger partial charge in [-0.2, -0.15) is 0 Å². The Bertz CT molecular complexity index is 304. The summed E-state index contributed by atoms with van der Waals surface area (Å²) in [7, 11) is 1.87. The van der Waals surface area contributed by atoms with E-state index >= 15 is 0 Å². The van der Waals surface area contributed by atoms with Gasteiger partial charge < -0.3 is 14.8 Å². The molecule has 78 valence electrons. The van der Waals surface area contributed by atoms with E-state index in [9.17, 15) is 10.2 Å². The van der Waals surface area contributed by atoms with Gasteiger partial charge in [0, 0.05) is 20.1 Å². The highest BCUT2D eigenvalue weighted by Gasteiger charge is 2.29. The molecule has 1 fully saturated rings. The summed E-state index contributed by atoms with van der Waals surface area (Å²) in [6.07, 6.45) is 0.365. The van der Waals surface area contributed by atoms with Crippen LogP contribution in [0.1, 0.15) is 5.82 Å². The largest absolute Gasteiger partial charge is 0.389 e. The molecule has 0 aromatic carbocycles. The zero-order valence-corrected chi connectivity index (χ0v) is 8.04. The van der Waals surface area contributed by atoms with Crippen LogP contribution < -0.4 is 0 Å². The third-order valence-electron chi connectivity index (χ3n) is 2.50. The van der Waals surface area contributed by atoms with Gasteiger partial charge in [-0.25, -0.2) is 0 Å². The molecule has 6 nitrogen and oxygen atoms in total. The topological polar surface area (TPSA) is 74.4 Å². The Hall–Kier alpha value is -0.980. The summed E-state index contributed by atoms with van der Waals surface area (Å²) in [6.45, 7) is 1.60. The molecular formula is C8H14N4O2. The van der Waals surface area contributed by atoms with Crippen LogP contribution in [0, 0.1) is 0 Å². The monoisotopic (exact) mass is 198 g/mol. The molecule has 6 heteroatoms. The molecule has 14 heavy (non-hydrogen) atoms. The minimum Gasteiger partial charge on any atom is -0.389 e. The van der Waals surface area contributed by atoms with Crippen LogP contribution >= 0.6 is 0 Å². The minimum atomic E-state index is -0.636. The van der Waals surface area contributed by atoms with E-state index in [2.05, 4.69) is 10.2 Å². The average molecular weight is 198 g/mol. The molecule has 0 saturated carbocycles. The number of hydrogen-bond donors (Lipinski definition) is 2. The van der Waals surface area contributed by atoms with Crippen molar-refractivity contribution in [3.8, 4) is 0 Å². The molecule has 0 bridgehead atoms. The standard InChI is InChI=1S/C8H14N4O2/c1-11-5-9-10-8(11)4-12-2-6(13)7(14)3-12/h5-7,13-14H,2-4H2,1H3/t6-,7+. The molecule has 1 aromatic rings. The summed E-state index contributed by atoms with van der Waals surface area (Å²) < 4.78 is 1.83. The van der Waals surface area contributed by atoms with Crippen LogP contribution in [0.2, 0.25) is 0 Å². The van der Waals surface area contributed by atoms with E-state index in [0.29, 0.717) is 19.6 Å². The molecule has 1 aliphatic rings. The Kier molecular flexibility index (Phi) is 2.49. The molecule has 1 saturated heterocycles. The summed E-state index contributed by atoms with van der Waals surface area (Å²) in [6, 6.07) is 0. The van der Waals surface area contributed by atoms with Crippen molar-refractivity contribution in [3.05, 3.63) is 12.2 Å². The van der Waals surface area contributed by atoms with E-state index in [1.165, 1.54) is 0 Å². The number of β-amino-alcohol motifs (C(OH)–C–C–N with tert-alkyl or cyclic N) is 2. The highest BCUT2D eigenvalue weighted by Crippen LogP contribution is 2.12. The lowest BCUT2D eigenvalue weighted by molar-refractivity contribution is 0.0572. The van der Waals surface area contributed by atoms with Crippen molar-refractivity contribution in [3.63, 3.8) is 0 Å². The van der Waals surface area contributed by atoms with Gasteiger partial charge in [-0.1, -0.05) is 0 Å². The smallest absolute Gasteiger partial charge is 0.146 e. The third kappa shape index (κ3) is 1.77. The predicted molar refractivity (Wildman–Crippen MR) is 48.3 cm³/mol. The summed E-state index contributed by atoms with van der Waals surface area (Å²) >= 11 is 0. The molecule has 0 radical (unpaired) electrons. The van der Waals surface area contributed by atoms with Crippen LogP contribution in [0.5, 0.6) is 0 Å². The summed E-state index contributed by atoms with van der Waals surface area (Å²) in [4.78, 5) is 1.96. The number of nitrogens with zero attached hydrogens (tertiary/aromatic N) is 4. The average Bonchev–Trinajstić information content (AvgIpc) is 2.63. The first-order valence-corrected chi connectivity index (χ1v) is 4.58. The van der Waals surface area contributed by atoms with Crippen molar-refractivity contribution in [1.29, 1.82) is 0 Å². The highest BCUT2D eigenvalue weighted by atomic mass is 16.3. The first kappa shape index (κ1) is 9.57. The lowest BCUT2D eigenvalue weighted by atomic mass is 10.3. The first-order chi connectivity index (χ1) is 6.66. The van der Waals surface area contributed by atoms with Gasteiger partial charge in [0.15, 0.2) is 0 Å². The number of aryl methyl sites for hydroxylation is 1. The fraction of sp³-hybridized carbons (Fsp3) is 0.750. The number of aliphatic hydroxyl groups is 2. The van der Waals surface area contributed by atoms with E-state index < -0.39 is 12.2 Å². The van der Waals surface area contributed by atoms with E-state index in [-0.39, 0.29) is 0 Å². The van der Waals surface area contributed by atoms with Crippen molar-refractivity contribution < 1.29 is 10.2 Å². The van der Waals surface area contributed by atoms with E-state index in [0.717, 1.165) is 5.82 Å². The van der Waals surface area contributed by atoms with Gasteiger partial charge in [0.2, 0.25) is 0 Å². The molecule has 0 spiro atoms. The van der Waals surface area contributed by atoms with E-state index in [1.54, 1.807) is 6.33 Å². The van der Waals surface area contributed by atoms with Gasteiger partial charge >= 0.3 is 0 Å². The molecule has 2 heterocycles. The molecule has 0 amide bonds. The molecule has 2 N–H and O–H groups in total. The van der Waals surface area contributed by atoms with Crippen LogP contribution in [0.3, 0.4) is 0 Å². The fourth-order valence-corrected chi connectivity index (χ4v) is 1.63. The Morgan fingerprint density at radius 1 is 1.43 bits per heavy atom. The SMILES string of the molecule is Cn1cnnc1CN1C[C@@H](O)[C@@H](O)C1. The maximum Gasteiger partial charge on any atom is 0.146 e. The predicted octanol–water partition coefficient (Wildman–Crippen LogP) is -1.65. The third-order valence-corrected chi connectivity index (χ3v) is 2.50. The zero-order chi connectivity index (χ0) is 10.1. The van der Waals surface area contributed by atoms with Gasteiger partial charge in [0.1, 0.15) is 12.2 Å². The Labute approximate surface area is 81.8 Å². The van der Waals surface area contributed by atoms with Crippen LogP contribution in [-0.4, -0.2) is 55.2 Å². The Morgan fingerprint density at radius 3 is 2.57 bits per heavy atom. The number of likely N-dealkylation sites (tertiary alicyclic amines) is 1. The van der Waals surface area contributed by atoms with Gasteiger partial charge in [-0.05, 0) is 0 Å². The number of aromatic nitrogens is 3. The fourth-order valence-electron chi connectivity index (χ4n) is 1.63. The Morgan fingerprint density at radius 2 is 2.07 bits per heavy atom. The lowest BCUT2D eigenvalue weighted by Gasteiger charge is -2.13. The Balaban J connectivity index is 1.97. The van der Waals surface area contributed by atoms with Crippen LogP contribution in [0.4, 0.5) is 0 Å². The molecule has 0 unspecified atom stereocenters.